The van der Waals surface area contributed by atoms with Gasteiger partial charge in [-0.3, -0.25) is 9.48 Å². The van der Waals surface area contributed by atoms with E-state index in [1.165, 1.54) is 18.2 Å². The quantitative estimate of drug-likeness (QED) is 0.830. The maximum Gasteiger partial charge on any atom is 0.259 e. The van der Waals surface area contributed by atoms with Gasteiger partial charge in [-0.05, 0) is 12.1 Å². The first-order valence-corrected chi connectivity index (χ1v) is 6.62. The van der Waals surface area contributed by atoms with Gasteiger partial charge in [0.2, 0.25) is 0 Å². The second kappa shape index (κ2) is 6.55. The number of aliphatic hydroxyl groups is 1. The Morgan fingerprint density at radius 2 is 2.14 bits per heavy atom. The van der Waals surface area contributed by atoms with Crippen LogP contribution in [0.15, 0.2) is 30.7 Å². The normalized spacial score (nSPS) is 12.4. The number of carbonyl (C=O) groups excluding carboxylic acids is 1. The van der Waals surface area contributed by atoms with E-state index in [0.717, 1.165) is 0 Å². The van der Waals surface area contributed by atoms with Gasteiger partial charge in [0.05, 0.1) is 18.9 Å². The third kappa shape index (κ3) is 3.32. The van der Waals surface area contributed by atoms with Gasteiger partial charge in [-0.25, -0.2) is 0 Å². The van der Waals surface area contributed by atoms with Crippen LogP contribution in [-0.2, 0) is 11.8 Å². The molecule has 0 radical (unpaired) electrons. The first-order valence-electron chi connectivity index (χ1n) is 6.62. The van der Waals surface area contributed by atoms with Crippen LogP contribution in [0, 0.1) is 0 Å². The number of amides is 1. The molecule has 1 amide bonds. The molecule has 0 bridgehead atoms. The predicted octanol–water partition coefficient (Wildman–Crippen LogP) is 0.290. The van der Waals surface area contributed by atoms with Crippen LogP contribution in [0.3, 0.4) is 0 Å². The van der Waals surface area contributed by atoms with Crippen molar-refractivity contribution in [3.8, 4) is 5.82 Å². The lowest BCUT2D eigenvalue weighted by atomic mass is 10.2. The molecule has 2 aromatic heterocycles. The van der Waals surface area contributed by atoms with Crippen LogP contribution in [0.4, 0.5) is 0 Å². The zero-order chi connectivity index (χ0) is 15.4. The van der Waals surface area contributed by atoms with Crippen LogP contribution >= 0.6 is 0 Å². The van der Waals surface area contributed by atoms with E-state index in [1.807, 2.05) is 29.1 Å². The molecular formula is C14H20N4O3. The van der Waals surface area contributed by atoms with Crippen LogP contribution in [-0.4, -0.2) is 63.7 Å². The van der Waals surface area contributed by atoms with E-state index < -0.39 is 6.10 Å². The van der Waals surface area contributed by atoms with Gasteiger partial charge in [-0.15, -0.1) is 0 Å². The van der Waals surface area contributed by atoms with Crippen LogP contribution in [0.1, 0.15) is 10.4 Å². The highest BCUT2D eigenvalue weighted by Gasteiger charge is 2.22. The molecule has 0 saturated carbocycles. The largest absolute Gasteiger partial charge is 0.389 e. The Morgan fingerprint density at radius 1 is 1.48 bits per heavy atom. The molecular weight excluding hydrogens is 272 g/mol. The van der Waals surface area contributed by atoms with E-state index in [1.54, 1.807) is 18.8 Å². The number of aryl methyl sites for hydroxylation is 1. The fourth-order valence-electron chi connectivity index (χ4n) is 2.21. The fraction of sp³-hybridized carbons (Fsp3) is 0.429. The highest BCUT2D eigenvalue weighted by Crippen LogP contribution is 2.15. The summed E-state index contributed by atoms with van der Waals surface area (Å²) in [6, 6.07) is 3.76. The number of aliphatic hydroxyl groups excluding tert-OH is 1. The third-order valence-corrected chi connectivity index (χ3v) is 3.18. The number of hydrogen-bond acceptors (Lipinski definition) is 4. The Bertz CT molecular complexity index is 591. The van der Waals surface area contributed by atoms with Gasteiger partial charge in [0, 0.05) is 40.1 Å². The molecule has 0 aromatic carbocycles. The van der Waals surface area contributed by atoms with Crippen LogP contribution in [0.2, 0.25) is 0 Å². The summed E-state index contributed by atoms with van der Waals surface area (Å²) in [4.78, 5) is 14.0. The lowest BCUT2D eigenvalue weighted by Gasteiger charge is -2.20. The summed E-state index contributed by atoms with van der Waals surface area (Å²) < 4.78 is 8.35. The molecule has 1 N–H and O–H groups in total. The van der Waals surface area contributed by atoms with E-state index in [0.29, 0.717) is 11.4 Å². The molecule has 1 atom stereocenters. The Labute approximate surface area is 123 Å². The number of methoxy groups -OCH3 is 1. The fourth-order valence-corrected chi connectivity index (χ4v) is 2.21. The molecule has 0 spiro atoms. The summed E-state index contributed by atoms with van der Waals surface area (Å²) in [6.45, 7) is 0.391. The summed E-state index contributed by atoms with van der Waals surface area (Å²) in [7, 11) is 4.94. The maximum atomic E-state index is 12.5. The Hall–Kier alpha value is -2.12. The zero-order valence-corrected chi connectivity index (χ0v) is 12.4. The van der Waals surface area contributed by atoms with Crippen molar-refractivity contribution in [2.45, 2.75) is 6.10 Å². The molecule has 0 aliphatic rings. The van der Waals surface area contributed by atoms with Crippen molar-refractivity contribution in [2.24, 2.45) is 7.05 Å². The molecule has 21 heavy (non-hydrogen) atoms. The molecule has 7 heteroatoms. The molecule has 0 saturated heterocycles. The van der Waals surface area contributed by atoms with Crippen molar-refractivity contribution in [1.29, 1.82) is 0 Å². The van der Waals surface area contributed by atoms with Crippen molar-refractivity contribution >= 4 is 5.91 Å². The smallest absolute Gasteiger partial charge is 0.259 e. The summed E-state index contributed by atoms with van der Waals surface area (Å²) in [5.41, 5.74) is 0.487. The molecule has 114 valence electrons. The molecule has 0 aliphatic heterocycles. The van der Waals surface area contributed by atoms with Crippen molar-refractivity contribution in [3.05, 3.63) is 36.3 Å². The third-order valence-electron chi connectivity index (χ3n) is 3.18. The topological polar surface area (TPSA) is 72.5 Å². The lowest BCUT2D eigenvalue weighted by Crippen LogP contribution is -2.36. The summed E-state index contributed by atoms with van der Waals surface area (Å²) in [5.74, 6) is 0.500. The van der Waals surface area contributed by atoms with E-state index in [4.69, 9.17) is 4.74 Å². The van der Waals surface area contributed by atoms with Gasteiger partial charge in [0.15, 0.2) is 0 Å². The highest BCUT2D eigenvalue weighted by atomic mass is 16.5. The van der Waals surface area contributed by atoms with Gasteiger partial charge in [0.25, 0.3) is 5.91 Å². The van der Waals surface area contributed by atoms with Crippen LogP contribution < -0.4 is 0 Å². The van der Waals surface area contributed by atoms with Gasteiger partial charge < -0.3 is 19.3 Å². The summed E-state index contributed by atoms with van der Waals surface area (Å²) in [5, 5.41) is 13.9. The van der Waals surface area contributed by atoms with Gasteiger partial charge in [-0.2, -0.15) is 5.10 Å². The van der Waals surface area contributed by atoms with E-state index in [2.05, 4.69) is 5.10 Å². The molecule has 2 heterocycles. The molecule has 2 aromatic rings. The number of aromatic nitrogens is 3. The van der Waals surface area contributed by atoms with E-state index in [9.17, 15) is 9.90 Å². The lowest BCUT2D eigenvalue weighted by molar-refractivity contribution is 0.0380. The molecule has 2 rings (SSSR count). The second-order valence-electron chi connectivity index (χ2n) is 4.89. The summed E-state index contributed by atoms with van der Waals surface area (Å²) >= 11 is 0. The average molecular weight is 292 g/mol. The molecule has 0 aliphatic carbocycles. The number of ether oxygens (including phenoxy) is 1. The SMILES string of the molecule is COCC(O)CN(C)C(=O)c1cnn(C)c1-n1cccc1. The second-order valence-corrected chi connectivity index (χ2v) is 4.89. The number of hydrogen-bond donors (Lipinski definition) is 1. The number of carbonyl (C=O) groups is 1. The van der Waals surface area contributed by atoms with E-state index >= 15 is 0 Å². The average Bonchev–Trinajstić information content (AvgIpc) is 3.06. The first-order chi connectivity index (χ1) is 10.0. The zero-order valence-electron chi connectivity index (χ0n) is 12.4. The van der Waals surface area contributed by atoms with Gasteiger partial charge in [0.1, 0.15) is 11.4 Å². The minimum absolute atomic E-state index is 0.190. The molecule has 0 fully saturated rings. The van der Waals surface area contributed by atoms with Crippen LogP contribution in [0.5, 0.6) is 0 Å². The number of likely N-dealkylation sites (N-methyl/N-ethyl adjacent to an activating group) is 1. The predicted molar refractivity (Wildman–Crippen MR) is 77.4 cm³/mol. The van der Waals surface area contributed by atoms with Crippen molar-refractivity contribution < 1.29 is 14.6 Å². The standard InChI is InChI=1S/C14H20N4O3/c1-16(9-11(19)10-21-3)14(20)12-8-15-17(2)13(12)18-6-4-5-7-18/h4-8,11,19H,9-10H2,1-3H3. The van der Waals surface area contributed by atoms with Crippen molar-refractivity contribution in [1.82, 2.24) is 19.2 Å². The van der Waals surface area contributed by atoms with Crippen LogP contribution in [0.25, 0.3) is 5.82 Å². The van der Waals surface area contributed by atoms with E-state index in [-0.39, 0.29) is 19.1 Å². The molecule has 1 unspecified atom stereocenters. The minimum atomic E-state index is -0.712. The highest BCUT2D eigenvalue weighted by molar-refractivity contribution is 5.97. The van der Waals surface area contributed by atoms with Crippen molar-refractivity contribution in [2.75, 3.05) is 27.3 Å². The van der Waals surface area contributed by atoms with Gasteiger partial charge in [-0.1, -0.05) is 0 Å². The van der Waals surface area contributed by atoms with Gasteiger partial charge >= 0.3 is 0 Å². The first kappa shape index (κ1) is 15.3. The summed E-state index contributed by atoms with van der Waals surface area (Å²) in [6.07, 6.45) is 4.54. The monoisotopic (exact) mass is 292 g/mol. The number of rotatable bonds is 6. The molecule has 7 nitrogen and oxygen atoms in total. The Kier molecular flexibility index (Phi) is 4.77. The Morgan fingerprint density at radius 3 is 2.76 bits per heavy atom. The Balaban J connectivity index is 2.20. The number of nitrogens with zero attached hydrogens (tertiary/aromatic N) is 4. The maximum absolute atomic E-state index is 12.5. The minimum Gasteiger partial charge on any atom is -0.389 e. The van der Waals surface area contributed by atoms with Crippen molar-refractivity contribution in [3.63, 3.8) is 0 Å².